The molecule has 2 rings (SSSR count). The maximum absolute atomic E-state index is 12.5. The molecule has 0 unspecified atom stereocenters. The van der Waals surface area contributed by atoms with E-state index >= 15 is 0 Å². The number of carbonyl (C=O) groups excluding carboxylic acids is 1. The van der Waals surface area contributed by atoms with E-state index in [9.17, 15) is 9.90 Å². The topological polar surface area (TPSA) is 43.8 Å². The zero-order valence-electron chi connectivity index (χ0n) is 13.3. The lowest BCUT2D eigenvalue weighted by molar-refractivity contribution is -0.133. The largest absolute Gasteiger partial charge is 0.389 e. The number of nitrogens with zero attached hydrogens (tertiary/aromatic N) is 2. The van der Waals surface area contributed by atoms with Crippen LogP contribution in [0.3, 0.4) is 0 Å². The van der Waals surface area contributed by atoms with Gasteiger partial charge in [0.05, 0.1) is 12.1 Å². The van der Waals surface area contributed by atoms with Crippen LogP contribution >= 0.6 is 0 Å². The van der Waals surface area contributed by atoms with Crippen molar-refractivity contribution in [1.29, 1.82) is 0 Å². The van der Waals surface area contributed by atoms with Gasteiger partial charge in [-0.2, -0.15) is 0 Å². The van der Waals surface area contributed by atoms with Crippen LogP contribution in [0.5, 0.6) is 0 Å². The maximum Gasteiger partial charge on any atom is 0.237 e. The first kappa shape index (κ1) is 16.0. The summed E-state index contributed by atoms with van der Waals surface area (Å²) in [7, 11) is 0. The zero-order valence-corrected chi connectivity index (χ0v) is 13.3. The van der Waals surface area contributed by atoms with E-state index in [2.05, 4.69) is 18.2 Å². The molecule has 4 heteroatoms. The van der Waals surface area contributed by atoms with Crippen molar-refractivity contribution >= 4 is 5.91 Å². The molecule has 0 bridgehead atoms. The number of amides is 1. The lowest BCUT2D eigenvalue weighted by Gasteiger charge is -2.32. The van der Waals surface area contributed by atoms with Gasteiger partial charge in [-0.1, -0.05) is 31.2 Å². The molecule has 1 aromatic carbocycles. The number of likely N-dealkylation sites (N-methyl/N-ethyl adjacent to an activating group) is 1. The van der Waals surface area contributed by atoms with Crippen LogP contribution in [-0.4, -0.2) is 52.6 Å². The van der Waals surface area contributed by atoms with E-state index in [-0.39, 0.29) is 5.91 Å². The Labute approximate surface area is 127 Å². The average Bonchev–Trinajstić information content (AvgIpc) is 2.44. The van der Waals surface area contributed by atoms with Gasteiger partial charge in [-0.15, -0.1) is 0 Å². The maximum atomic E-state index is 12.5. The summed E-state index contributed by atoms with van der Waals surface area (Å²) >= 11 is 0. The number of hydrogen-bond acceptors (Lipinski definition) is 3. The lowest BCUT2D eigenvalue weighted by atomic mass is 10.00. The monoisotopic (exact) mass is 290 g/mol. The molecule has 1 N–H and O–H groups in total. The van der Waals surface area contributed by atoms with Crippen LogP contribution in [0.15, 0.2) is 24.3 Å². The highest BCUT2D eigenvalue weighted by atomic mass is 16.3. The van der Waals surface area contributed by atoms with Crippen molar-refractivity contribution in [3.05, 3.63) is 35.4 Å². The fraction of sp³-hybridized carbons (Fsp3) is 0.588. The van der Waals surface area contributed by atoms with Gasteiger partial charge in [-0.3, -0.25) is 9.69 Å². The number of rotatable bonds is 5. The Hall–Kier alpha value is -1.39. The van der Waals surface area contributed by atoms with E-state index in [0.717, 1.165) is 19.5 Å². The Kier molecular flexibility index (Phi) is 5.01. The zero-order chi connectivity index (χ0) is 15.5. The van der Waals surface area contributed by atoms with Crippen molar-refractivity contribution in [2.45, 2.75) is 39.3 Å². The molecule has 0 radical (unpaired) electrons. The highest BCUT2D eigenvalue weighted by Gasteiger charge is 2.24. The second-order valence-electron chi connectivity index (χ2n) is 6.45. The van der Waals surface area contributed by atoms with Crippen LogP contribution in [0.2, 0.25) is 0 Å². The quantitative estimate of drug-likeness (QED) is 0.897. The molecule has 1 heterocycles. The Morgan fingerprint density at radius 3 is 2.62 bits per heavy atom. The van der Waals surface area contributed by atoms with Crippen molar-refractivity contribution in [2.24, 2.45) is 0 Å². The normalized spacial score (nSPS) is 15.2. The summed E-state index contributed by atoms with van der Waals surface area (Å²) in [6.45, 7) is 8.71. The summed E-state index contributed by atoms with van der Waals surface area (Å²) in [5.41, 5.74) is 1.83. The van der Waals surface area contributed by atoms with Gasteiger partial charge >= 0.3 is 0 Å². The molecule has 0 fully saturated rings. The standard InChI is InChI=1S/C17H26N2O2/c1-4-18(13-17(2,3)21)12-16(20)19-10-9-14-7-5-6-8-15(14)11-19/h5-8,21H,4,9-13H2,1-3H3. The summed E-state index contributed by atoms with van der Waals surface area (Å²) in [5, 5.41) is 9.91. The summed E-state index contributed by atoms with van der Waals surface area (Å²) in [4.78, 5) is 16.4. The molecule has 1 aliphatic rings. The Bertz CT molecular complexity index is 494. The smallest absolute Gasteiger partial charge is 0.237 e. The summed E-state index contributed by atoms with van der Waals surface area (Å²) < 4.78 is 0. The van der Waals surface area contributed by atoms with E-state index in [1.54, 1.807) is 13.8 Å². The van der Waals surface area contributed by atoms with Crippen molar-refractivity contribution < 1.29 is 9.90 Å². The second kappa shape index (κ2) is 6.58. The molecule has 0 spiro atoms. The van der Waals surface area contributed by atoms with Crippen LogP contribution in [0.4, 0.5) is 0 Å². The first-order chi connectivity index (χ1) is 9.89. The van der Waals surface area contributed by atoms with Crippen LogP contribution in [0.1, 0.15) is 31.9 Å². The average molecular weight is 290 g/mol. The number of aliphatic hydroxyl groups is 1. The third-order valence-corrected chi connectivity index (χ3v) is 3.90. The van der Waals surface area contributed by atoms with Gasteiger partial charge in [0.1, 0.15) is 0 Å². The molecule has 0 atom stereocenters. The van der Waals surface area contributed by atoms with Crippen LogP contribution < -0.4 is 0 Å². The summed E-state index contributed by atoms with van der Waals surface area (Å²) in [6.07, 6.45) is 0.930. The van der Waals surface area contributed by atoms with Gasteiger partial charge in [0, 0.05) is 19.6 Å². The van der Waals surface area contributed by atoms with E-state index in [1.165, 1.54) is 11.1 Å². The molecule has 21 heavy (non-hydrogen) atoms. The highest BCUT2D eigenvalue weighted by molar-refractivity contribution is 5.78. The molecule has 1 amide bonds. The summed E-state index contributed by atoms with van der Waals surface area (Å²) in [6, 6.07) is 8.32. The van der Waals surface area contributed by atoms with Gasteiger partial charge in [-0.25, -0.2) is 0 Å². The second-order valence-corrected chi connectivity index (χ2v) is 6.45. The molecular formula is C17H26N2O2. The molecule has 4 nitrogen and oxygen atoms in total. The van der Waals surface area contributed by atoms with Gasteiger partial charge < -0.3 is 10.0 Å². The minimum absolute atomic E-state index is 0.149. The number of benzene rings is 1. The minimum Gasteiger partial charge on any atom is -0.389 e. The fourth-order valence-corrected chi connectivity index (χ4v) is 2.83. The highest BCUT2D eigenvalue weighted by Crippen LogP contribution is 2.18. The molecule has 0 aliphatic carbocycles. The number of fused-ring (bicyclic) bond motifs is 1. The third kappa shape index (κ3) is 4.55. The van der Waals surface area contributed by atoms with Gasteiger partial charge in [0.25, 0.3) is 0 Å². The van der Waals surface area contributed by atoms with Crippen molar-refractivity contribution in [2.75, 3.05) is 26.2 Å². The van der Waals surface area contributed by atoms with Crippen molar-refractivity contribution in [3.8, 4) is 0 Å². The van der Waals surface area contributed by atoms with Crippen molar-refractivity contribution in [1.82, 2.24) is 9.80 Å². The fourth-order valence-electron chi connectivity index (χ4n) is 2.83. The molecule has 0 saturated heterocycles. The molecule has 116 valence electrons. The van der Waals surface area contributed by atoms with Gasteiger partial charge in [0.2, 0.25) is 5.91 Å². The van der Waals surface area contributed by atoms with Crippen LogP contribution in [0, 0.1) is 0 Å². The van der Waals surface area contributed by atoms with Gasteiger partial charge in [0.15, 0.2) is 0 Å². The third-order valence-electron chi connectivity index (χ3n) is 3.90. The first-order valence-corrected chi connectivity index (χ1v) is 7.68. The summed E-state index contributed by atoms with van der Waals surface area (Å²) in [5.74, 6) is 0.149. The Balaban J connectivity index is 1.95. The van der Waals surface area contributed by atoms with Crippen LogP contribution in [-0.2, 0) is 17.8 Å². The molecule has 0 saturated carbocycles. The van der Waals surface area contributed by atoms with E-state index in [4.69, 9.17) is 0 Å². The molecule has 0 aromatic heterocycles. The predicted octanol–water partition coefficient (Wildman–Crippen LogP) is 1.66. The van der Waals surface area contributed by atoms with Crippen molar-refractivity contribution in [3.63, 3.8) is 0 Å². The number of hydrogen-bond donors (Lipinski definition) is 1. The SMILES string of the molecule is CCN(CC(=O)N1CCc2ccccc2C1)CC(C)(C)O. The van der Waals surface area contributed by atoms with Crippen LogP contribution in [0.25, 0.3) is 0 Å². The number of carbonyl (C=O) groups is 1. The van der Waals surface area contributed by atoms with Gasteiger partial charge in [-0.05, 0) is 37.9 Å². The molecule has 1 aromatic rings. The minimum atomic E-state index is -0.773. The lowest BCUT2D eigenvalue weighted by Crippen LogP contribution is -2.46. The van der Waals surface area contributed by atoms with E-state index < -0.39 is 5.60 Å². The predicted molar refractivity (Wildman–Crippen MR) is 84.0 cm³/mol. The Morgan fingerprint density at radius 2 is 2.00 bits per heavy atom. The Morgan fingerprint density at radius 1 is 1.33 bits per heavy atom. The molecule has 1 aliphatic heterocycles. The van der Waals surface area contributed by atoms with E-state index in [0.29, 0.717) is 19.6 Å². The molecular weight excluding hydrogens is 264 g/mol. The van der Waals surface area contributed by atoms with E-state index in [1.807, 2.05) is 22.8 Å². The first-order valence-electron chi connectivity index (χ1n) is 7.68.